The van der Waals surface area contributed by atoms with Crippen LogP contribution in [0, 0.1) is 0 Å². The minimum Gasteiger partial charge on any atom is -0.353 e. The van der Waals surface area contributed by atoms with Gasteiger partial charge in [-0.25, -0.2) is 0 Å². The first kappa shape index (κ1) is 8.93. The minimum absolute atomic E-state index is 0.579. The molecular formula is C7H15NO3. The van der Waals surface area contributed by atoms with E-state index >= 15 is 0 Å². The van der Waals surface area contributed by atoms with Crippen LogP contribution >= 0.6 is 0 Å². The van der Waals surface area contributed by atoms with E-state index in [1.165, 1.54) is 7.11 Å². The Balaban J connectivity index is 2.58. The molecule has 1 saturated heterocycles. The predicted octanol–water partition coefficient (Wildman–Crippen LogP) is 0.418. The zero-order valence-corrected chi connectivity index (χ0v) is 7.22. The molecule has 1 heterocycles. The third kappa shape index (κ3) is 1.70. The Kier molecular flexibility index (Phi) is 2.20. The van der Waals surface area contributed by atoms with E-state index in [0.29, 0.717) is 6.42 Å². The standard InChI is InChI=1S/C7H15NO3/c1-6(9-2)4-5-7(8,10-3)11-6/h4-5,8H2,1-3H3. The molecule has 1 aliphatic rings. The van der Waals surface area contributed by atoms with Crippen molar-refractivity contribution in [3.8, 4) is 0 Å². The Morgan fingerprint density at radius 2 is 1.91 bits per heavy atom. The molecule has 4 heteroatoms. The molecule has 0 aliphatic carbocycles. The fraction of sp³-hybridized carbons (Fsp3) is 1.00. The molecule has 66 valence electrons. The second-order valence-electron chi connectivity index (χ2n) is 2.96. The Labute approximate surface area is 66.6 Å². The van der Waals surface area contributed by atoms with E-state index in [1.807, 2.05) is 6.92 Å². The van der Waals surface area contributed by atoms with Crippen LogP contribution in [0.1, 0.15) is 19.8 Å². The lowest BCUT2D eigenvalue weighted by Crippen LogP contribution is -2.44. The molecule has 4 nitrogen and oxygen atoms in total. The first-order valence-electron chi connectivity index (χ1n) is 3.63. The van der Waals surface area contributed by atoms with Gasteiger partial charge < -0.3 is 14.2 Å². The molecule has 2 unspecified atom stereocenters. The summed E-state index contributed by atoms with van der Waals surface area (Å²) in [6.45, 7) is 1.85. The summed E-state index contributed by atoms with van der Waals surface area (Å²) >= 11 is 0. The second kappa shape index (κ2) is 2.71. The average Bonchev–Trinajstić information content (AvgIpc) is 2.30. The highest BCUT2D eigenvalue weighted by atomic mass is 16.8. The van der Waals surface area contributed by atoms with Crippen molar-refractivity contribution in [2.24, 2.45) is 5.73 Å². The lowest BCUT2D eigenvalue weighted by atomic mass is 10.2. The SMILES string of the molecule is COC1(C)CCC(N)(OC)O1. The van der Waals surface area contributed by atoms with E-state index < -0.39 is 11.7 Å². The van der Waals surface area contributed by atoms with Gasteiger partial charge in [-0.05, 0) is 6.92 Å². The lowest BCUT2D eigenvalue weighted by Gasteiger charge is -2.27. The second-order valence-corrected chi connectivity index (χ2v) is 2.96. The fourth-order valence-corrected chi connectivity index (χ4v) is 1.16. The van der Waals surface area contributed by atoms with Crippen molar-refractivity contribution >= 4 is 0 Å². The van der Waals surface area contributed by atoms with Gasteiger partial charge in [-0.3, -0.25) is 5.73 Å². The maximum atomic E-state index is 5.69. The number of ether oxygens (including phenoxy) is 3. The van der Waals surface area contributed by atoms with E-state index in [4.69, 9.17) is 19.9 Å². The molecule has 2 N–H and O–H groups in total. The Bertz CT molecular complexity index is 137. The topological polar surface area (TPSA) is 53.7 Å². The smallest absolute Gasteiger partial charge is 0.227 e. The molecule has 1 aliphatic heterocycles. The van der Waals surface area contributed by atoms with Crippen molar-refractivity contribution in [2.45, 2.75) is 31.5 Å². The van der Waals surface area contributed by atoms with E-state index in [1.54, 1.807) is 7.11 Å². The fourth-order valence-electron chi connectivity index (χ4n) is 1.16. The molecule has 2 atom stereocenters. The first-order chi connectivity index (χ1) is 5.04. The van der Waals surface area contributed by atoms with E-state index in [2.05, 4.69) is 0 Å². The highest BCUT2D eigenvalue weighted by Crippen LogP contribution is 2.35. The van der Waals surface area contributed by atoms with Crippen LogP contribution in [0.15, 0.2) is 0 Å². The number of methoxy groups -OCH3 is 2. The summed E-state index contributed by atoms with van der Waals surface area (Å²) in [4.78, 5) is 0. The van der Waals surface area contributed by atoms with Crippen LogP contribution in [0.4, 0.5) is 0 Å². The summed E-state index contributed by atoms with van der Waals surface area (Å²) in [5.74, 6) is -1.53. The van der Waals surface area contributed by atoms with Crippen molar-refractivity contribution in [3.05, 3.63) is 0 Å². The maximum Gasteiger partial charge on any atom is 0.227 e. The number of hydrogen-bond acceptors (Lipinski definition) is 4. The summed E-state index contributed by atoms with van der Waals surface area (Å²) in [7, 11) is 3.13. The summed E-state index contributed by atoms with van der Waals surface area (Å²) in [6.07, 6.45) is 1.42. The van der Waals surface area contributed by atoms with Crippen molar-refractivity contribution in [1.82, 2.24) is 0 Å². The maximum absolute atomic E-state index is 5.69. The number of rotatable bonds is 2. The van der Waals surface area contributed by atoms with Gasteiger partial charge in [0.05, 0.1) is 0 Å². The van der Waals surface area contributed by atoms with Crippen molar-refractivity contribution in [2.75, 3.05) is 14.2 Å². The van der Waals surface area contributed by atoms with Gasteiger partial charge in [-0.15, -0.1) is 0 Å². The van der Waals surface area contributed by atoms with Crippen LogP contribution in [0.25, 0.3) is 0 Å². The van der Waals surface area contributed by atoms with Crippen LogP contribution in [-0.4, -0.2) is 25.9 Å². The molecule has 0 radical (unpaired) electrons. The molecular weight excluding hydrogens is 146 g/mol. The highest BCUT2D eigenvalue weighted by molar-refractivity contribution is 4.79. The van der Waals surface area contributed by atoms with Gasteiger partial charge in [0.2, 0.25) is 5.91 Å². The normalized spacial score (nSPS) is 44.7. The third-order valence-corrected chi connectivity index (χ3v) is 2.09. The van der Waals surface area contributed by atoms with Crippen molar-refractivity contribution < 1.29 is 14.2 Å². The monoisotopic (exact) mass is 161 g/mol. The largest absolute Gasteiger partial charge is 0.353 e. The van der Waals surface area contributed by atoms with E-state index in [9.17, 15) is 0 Å². The first-order valence-corrected chi connectivity index (χ1v) is 3.63. The highest BCUT2D eigenvalue weighted by Gasteiger charge is 2.44. The van der Waals surface area contributed by atoms with Crippen LogP contribution in [0.5, 0.6) is 0 Å². The van der Waals surface area contributed by atoms with E-state index in [0.717, 1.165) is 6.42 Å². The van der Waals surface area contributed by atoms with Crippen LogP contribution in [0.2, 0.25) is 0 Å². The zero-order chi connectivity index (χ0) is 8.54. The molecule has 1 rings (SSSR count). The zero-order valence-electron chi connectivity index (χ0n) is 7.22. The summed E-state index contributed by atoms with van der Waals surface area (Å²) in [5.41, 5.74) is 5.69. The molecule has 0 aromatic rings. The molecule has 11 heavy (non-hydrogen) atoms. The molecule has 0 amide bonds. The third-order valence-electron chi connectivity index (χ3n) is 2.09. The van der Waals surface area contributed by atoms with Gasteiger partial charge in [-0.1, -0.05) is 0 Å². The molecule has 0 bridgehead atoms. The Hall–Kier alpha value is -0.160. The Morgan fingerprint density at radius 1 is 1.27 bits per heavy atom. The number of nitrogens with two attached hydrogens (primary N) is 1. The molecule has 0 spiro atoms. The van der Waals surface area contributed by atoms with Gasteiger partial charge in [-0.2, -0.15) is 0 Å². The van der Waals surface area contributed by atoms with Crippen LogP contribution < -0.4 is 5.73 Å². The van der Waals surface area contributed by atoms with Gasteiger partial charge in [0.1, 0.15) is 0 Å². The quantitative estimate of drug-likeness (QED) is 0.596. The van der Waals surface area contributed by atoms with E-state index in [-0.39, 0.29) is 0 Å². The van der Waals surface area contributed by atoms with Crippen LogP contribution in [-0.2, 0) is 14.2 Å². The summed E-state index contributed by atoms with van der Waals surface area (Å²) in [6, 6.07) is 0. The van der Waals surface area contributed by atoms with Crippen molar-refractivity contribution in [1.29, 1.82) is 0 Å². The minimum atomic E-state index is -0.954. The number of hydrogen-bond donors (Lipinski definition) is 1. The molecule has 0 aromatic heterocycles. The molecule has 1 fully saturated rings. The van der Waals surface area contributed by atoms with Gasteiger partial charge in [0.15, 0.2) is 5.79 Å². The predicted molar refractivity (Wildman–Crippen MR) is 39.7 cm³/mol. The van der Waals surface area contributed by atoms with Crippen LogP contribution in [0.3, 0.4) is 0 Å². The molecule has 0 saturated carbocycles. The summed E-state index contributed by atoms with van der Waals surface area (Å²) in [5, 5.41) is 0. The average molecular weight is 161 g/mol. The van der Waals surface area contributed by atoms with Gasteiger partial charge in [0, 0.05) is 27.1 Å². The summed E-state index contributed by atoms with van der Waals surface area (Å²) < 4.78 is 15.5. The Morgan fingerprint density at radius 3 is 2.18 bits per heavy atom. The van der Waals surface area contributed by atoms with Crippen molar-refractivity contribution in [3.63, 3.8) is 0 Å². The van der Waals surface area contributed by atoms with Gasteiger partial charge in [0.25, 0.3) is 0 Å². The molecule has 0 aromatic carbocycles. The van der Waals surface area contributed by atoms with Gasteiger partial charge >= 0.3 is 0 Å². The lowest BCUT2D eigenvalue weighted by molar-refractivity contribution is -0.297.